The van der Waals surface area contributed by atoms with Gasteiger partial charge in [0.1, 0.15) is 11.6 Å². The Hall–Kier alpha value is -3.45. The van der Waals surface area contributed by atoms with E-state index in [9.17, 15) is 14.3 Å². The fourth-order valence-corrected chi connectivity index (χ4v) is 4.11. The predicted octanol–water partition coefficient (Wildman–Crippen LogP) is 4.07. The fourth-order valence-electron chi connectivity index (χ4n) is 4.11. The first-order valence-electron chi connectivity index (χ1n) is 10.6. The molecule has 1 amide bonds. The van der Waals surface area contributed by atoms with E-state index in [2.05, 4.69) is 4.98 Å². The molecule has 0 saturated carbocycles. The van der Waals surface area contributed by atoms with Crippen LogP contribution in [0.3, 0.4) is 0 Å². The molecular formula is C25H26FN3O3. The lowest BCUT2D eigenvalue weighted by atomic mass is 9.92. The molecule has 1 aliphatic heterocycles. The highest BCUT2D eigenvalue weighted by Crippen LogP contribution is 2.32. The number of hydrogen-bond donors (Lipinski definition) is 1. The zero-order valence-corrected chi connectivity index (χ0v) is 18.1. The molecule has 6 nitrogen and oxygen atoms in total. The summed E-state index contributed by atoms with van der Waals surface area (Å²) in [6, 6.07) is 11.1. The number of ether oxygens (including phenoxy) is 1. The van der Waals surface area contributed by atoms with Gasteiger partial charge < -0.3 is 19.3 Å². The third kappa shape index (κ3) is 4.57. The number of benzene rings is 2. The predicted molar refractivity (Wildman–Crippen MR) is 120 cm³/mol. The van der Waals surface area contributed by atoms with E-state index >= 15 is 0 Å². The number of aromatic nitrogens is 2. The van der Waals surface area contributed by atoms with E-state index in [0.717, 1.165) is 22.5 Å². The molecule has 7 heteroatoms. The van der Waals surface area contributed by atoms with Gasteiger partial charge in [-0.3, -0.25) is 4.79 Å². The Kier molecular flexibility index (Phi) is 6.37. The van der Waals surface area contributed by atoms with E-state index in [0.29, 0.717) is 25.1 Å². The van der Waals surface area contributed by atoms with Crippen LogP contribution in [0.2, 0.25) is 0 Å². The number of aryl methyl sites for hydroxylation is 1. The molecule has 3 aromatic rings. The summed E-state index contributed by atoms with van der Waals surface area (Å²) in [5.74, 6) is 0.112. The maximum atomic E-state index is 13.3. The monoisotopic (exact) mass is 435 g/mol. The minimum Gasteiger partial charge on any atom is -0.495 e. The summed E-state index contributed by atoms with van der Waals surface area (Å²) >= 11 is 0. The van der Waals surface area contributed by atoms with Crippen LogP contribution in [0.15, 0.2) is 61.1 Å². The molecule has 0 aliphatic carbocycles. The van der Waals surface area contributed by atoms with E-state index in [1.807, 2.05) is 35.9 Å². The number of nitrogens with zero attached hydrogens (tertiary/aromatic N) is 3. The SMILES string of the molecule is COc1cc(C=CC(=O)N2CCCC(O)C2c2ccc(F)cc2)ccc1-n1cnc(C)c1. The van der Waals surface area contributed by atoms with Crippen molar-refractivity contribution in [1.82, 2.24) is 14.5 Å². The number of imidazole rings is 1. The summed E-state index contributed by atoms with van der Waals surface area (Å²) < 4.78 is 20.8. The van der Waals surface area contributed by atoms with E-state index in [-0.39, 0.29) is 11.7 Å². The van der Waals surface area contributed by atoms with Gasteiger partial charge in [-0.15, -0.1) is 0 Å². The van der Waals surface area contributed by atoms with Gasteiger partial charge in [-0.25, -0.2) is 9.37 Å². The number of likely N-dealkylation sites (tertiary alicyclic amines) is 1. The summed E-state index contributed by atoms with van der Waals surface area (Å²) in [5.41, 5.74) is 3.29. The van der Waals surface area contributed by atoms with Crippen molar-refractivity contribution in [3.05, 3.63) is 83.7 Å². The molecule has 2 heterocycles. The van der Waals surface area contributed by atoms with Crippen LogP contribution in [0.1, 0.15) is 35.7 Å². The number of rotatable bonds is 5. The van der Waals surface area contributed by atoms with Gasteiger partial charge in [-0.2, -0.15) is 0 Å². The van der Waals surface area contributed by atoms with Crippen molar-refractivity contribution in [3.8, 4) is 11.4 Å². The van der Waals surface area contributed by atoms with Crippen molar-refractivity contribution in [2.45, 2.75) is 31.9 Å². The highest BCUT2D eigenvalue weighted by molar-refractivity contribution is 5.92. The van der Waals surface area contributed by atoms with Crippen molar-refractivity contribution in [3.63, 3.8) is 0 Å². The van der Waals surface area contributed by atoms with Gasteiger partial charge in [-0.1, -0.05) is 18.2 Å². The summed E-state index contributed by atoms with van der Waals surface area (Å²) in [5, 5.41) is 10.6. The molecule has 1 aliphatic rings. The molecule has 0 radical (unpaired) electrons. The summed E-state index contributed by atoms with van der Waals surface area (Å²) in [4.78, 5) is 18.9. The largest absolute Gasteiger partial charge is 0.495 e. The molecule has 2 atom stereocenters. The standard InChI is InChI=1S/C25H26FN3O3/c1-17-15-28(16-27-17)21-11-5-18(14-23(21)32-2)6-12-24(31)29-13-3-4-22(30)25(29)19-7-9-20(26)10-8-19/h5-12,14-16,22,25,30H,3-4,13H2,1-2H3. The van der Waals surface area contributed by atoms with Gasteiger partial charge in [-0.05, 0) is 61.2 Å². The van der Waals surface area contributed by atoms with Crippen LogP contribution in [0.4, 0.5) is 4.39 Å². The average molecular weight is 435 g/mol. The Bertz CT molecular complexity index is 1120. The highest BCUT2D eigenvalue weighted by atomic mass is 19.1. The molecule has 2 unspecified atom stereocenters. The fraction of sp³-hybridized carbons (Fsp3) is 0.280. The van der Waals surface area contributed by atoms with E-state index < -0.39 is 12.1 Å². The summed E-state index contributed by atoms with van der Waals surface area (Å²) in [7, 11) is 1.60. The number of aliphatic hydroxyl groups excluding tert-OH is 1. The van der Waals surface area contributed by atoms with Gasteiger partial charge >= 0.3 is 0 Å². The second kappa shape index (κ2) is 9.36. The van der Waals surface area contributed by atoms with Gasteiger partial charge in [0.15, 0.2) is 0 Å². The lowest BCUT2D eigenvalue weighted by Gasteiger charge is -2.39. The van der Waals surface area contributed by atoms with E-state index in [4.69, 9.17) is 4.74 Å². The Morgan fingerprint density at radius 2 is 2.03 bits per heavy atom. The van der Waals surface area contributed by atoms with Gasteiger partial charge in [0, 0.05) is 18.8 Å². The highest BCUT2D eigenvalue weighted by Gasteiger charge is 2.33. The lowest BCUT2D eigenvalue weighted by Crippen LogP contribution is -2.44. The Morgan fingerprint density at radius 3 is 2.72 bits per heavy atom. The van der Waals surface area contributed by atoms with Crippen LogP contribution < -0.4 is 4.74 Å². The minimum absolute atomic E-state index is 0.202. The molecule has 2 aromatic carbocycles. The quantitative estimate of drug-likeness (QED) is 0.614. The summed E-state index contributed by atoms with van der Waals surface area (Å²) in [6.45, 7) is 2.45. The zero-order chi connectivity index (χ0) is 22.7. The molecule has 0 spiro atoms. The zero-order valence-electron chi connectivity index (χ0n) is 18.1. The molecule has 32 heavy (non-hydrogen) atoms. The number of piperidine rings is 1. The van der Waals surface area contributed by atoms with Crippen molar-refractivity contribution < 1.29 is 19.0 Å². The van der Waals surface area contributed by atoms with Crippen LogP contribution >= 0.6 is 0 Å². The Morgan fingerprint density at radius 1 is 1.25 bits per heavy atom. The van der Waals surface area contributed by atoms with Crippen molar-refractivity contribution in [2.75, 3.05) is 13.7 Å². The van der Waals surface area contributed by atoms with Gasteiger partial charge in [0.25, 0.3) is 0 Å². The Balaban J connectivity index is 1.55. The second-order valence-corrected chi connectivity index (χ2v) is 7.92. The topological polar surface area (TPSA) is 67.6 Å². The first kappa shape index (κ1) is 21.8. The smallest absolute Gasteiger partial charge is 0.247 e. The number of carbonyl (C=O) groups is 1. The number of methoxy groups -OCH3 is 1. The lowest BCUT2D eigenvalue weighted by molar-refractivity contribution is -0.133. The van der Waals surface area contributed by atoms with Gasteiger partial charge in [0.05, 0.1) is 37.0 Å². The van der Waals surface area contributed by atoms with Crippen molar-refractivity contribution in [2.24, 2.45) is 0 Å². The second-order valence-electron chi connectivity index (χ2n) is 7.92. The molecular weight excluding hydrogens is 409 g/mol. The molecule has 166 valence electrons. The third-order valence-electron chi connectivity index (χ3n) is 5.71. The van der Waals surface area contributed by atoms with Crippen molar-refractivity contribution >= 4 is 12.0 Å². The molecule has 1 fully saturated rings. The number of amides is 1. The molecule has 1 N–H and O–H groups in total. The van der Waals surface area contributed by atoms with Crippen LogP contribution in [-0.2, 0) is 4.79 Å². The van der Waals surface area contributed by atoms with Gasteiger partial charge in [0.2, 0.25) is 5.91 Å². The normalized spacial score (nSPS) is 18.8. The molecule has 1 saturated heterocycles. The minimum atomic E-state index is -0.690. The molecule has 0 bridgehead atoms. The number of hydrogen-bond acceptors (Lipinski definition) is 4. The van der Waals surface area contributed by atoms with Crippen LogP contribution in [0.25, 0.3) is 11.8 Å². The molecule has 1 aromatic heterocycles. The van der Waals surface area contributed by atoms with Crippen LogP contribution in [0.5, 0.6) is 5.75 Å². The van der Waals surface area contributed by atoms with Crippen LogP contribution in [0, 0.1) is 12.7 Å². The first-order valence-corrected chi connectivity index (χ1v) is 10.6. The number of halogens is 1. The number of aliphatic hydroxyl groups is 1. The average Bonchev–Trinajstić information content (AvgIpc) is 3.23. The Labute approximate surface area is 186 Å². The maximum absolute atomic E-state index is 13.3. The number of carbonyl (C=O) groups excluding carboxylic acids is 1. The van der Waals surface area contributed by atoms with E-state index in [1.54, 1.807) is 36.5 Å². The van der Waals surface area contributed by atoms with E-state index in [1.165, 1.54) is 18.2 Å². The summed E-state index contributed by atoms with van der Waals surface area (Å²) in [6.07, 6.45) is 7.50. The van der Waals surface area contributed by atoms with Crippen LogP contribution in [-0.4, -0.2) is 45.2 Å². The van der Waals surface area contributed by atoms with Crippen molar-refractivity contribution in [1.29, 1.82) is 0 Å². The maximum Gasteiger partial charge on any atom is 0.247 e. The first-order chi connectivity index (χ1) is 15.5. The third-order valence-corrected chi connectivity index (χ3v) is 5.71. The molecule has 4 rings (SSSR count).